The van der Waals surface area contributed by atoms with E-state index in [1.165, 1.54) is 9.80 Å². The zero-order valence-corrected chi connectivity index (χ0v) is 21.2. The highest BCUT2D eigenvalue weighted by Gasteiger charge is 2.47. The predicted octanol–water partition coefficient (Wildman–Crippen LogP) is 3.42. The van der Waals surface area contributed by atoms with Crippen LogP contribution in [-0.4, -0.2) is 51.6 Å². The lowest BCUT2D eigenvalue weighted by Crippen LogP contribution is -2.52. The molecule has 0 spiro atoms. The van der Waals surface area contributed by atoms with E-state index < -0.39 is 11.6 Å². The van der Waals surface area contributed by atoms with E-state index >= 15 is 0 Å². The number of likely N-dealkylation sites (tertiary alicyclic amines) is 1. The predicted molar refractivity (Wildman–Crippen MR) is 129 cm³/mol. The maximum absolute atomic E-state index is 13.3. The van der Waals surface area contributed by atoms with Crippen LogP contribution in [0.1, 0.15) is 52.5 Å². The van der Waals surface area contributed by atoms with Gasteiger partial charge in [0.1, 0.15) is 6.04 Å². The summed E-state index contributed by atoms with van der Waals surface area (Å²) in [5.74, 6) is -1.54. The minimum Gasteiger partial charge on any atom is -0.350 e. The van der Waals surface area contributed by atoms with Crippen molar-refractivity contribution in [2.45, 2.75) is 65.1 Å². The molecular formula is C25H32BrN3O4. The summed E-state index contributed by atoms with van der Waals surface area (Å²) in [5.41, 5.74) is 0.448. The van der Waals surface area contributed by atoms with Crippen molar-refractivity contribution in [2.24, 2.45) is 11.8 Å². The van der Waals surface area contributed by atoms with Crippen LogP contribution in [0.15, 0.2) is 40.9 Å². The Morgan fingerprint density at radius 2 is 1.64 bits per heavy atom. The summed E-state index contributed by atoms with van der Waals surface area (Å²) in [6, 6.07) is 6.84. The maximum Gasteiger partial charge on any atom is 0.242 e. The molecule has 4 amide bonds. The van der Waals surface area contributed by atoms with E-state index in [4.69, 9.17) is 0 Å². The van der Waals surface area contributed by atoms with Crippen LogP contribution in [0.2, 0.25) is 0 Å². The third-order valence-corrected chi connectivity index (χ3v) is 6.61. The summed E-state index contributed by atoms with van der Waals surface area (Å²) >= 11 is 3.41. The molecule has 8 heteroatoms. The van der Waals surface area contributed by atoms with Gasteiger partial charge in [-0.1, -0.05) is 40.2 Å². The minimum absolute atomic E-state index is 0.0198. The van der Waals surface area contributed by atoms with Crippen molar-refractivity contribution in [1.29, 1.82) is 0 Å². The molecule has 1 heterocycles. The van der Waals surface area contributed by atoms with E-state index in [0.717, 1.165) is 10.0 Å². The SMILES string of the molecule is C[C@H](C(=O)NC(C)(C)C)N(Cc1ccc(Br)cc1)C(=O)CCN1C(=O)[C@H]2CC=CC[C@H]2C1=O. The van der Waals surface area contributed by atoms with Crippen LogP contribution < -0.4 is 5.32 Å². The number of nitrogens with zero attached hydrogens (tertiary/aromatic N) is 2. The van der Waals surface area contributed by atoms with Gasteiger partial charge in [0, 0.05) is 29.5 Å². The van der Waals surface area contributed by atoms with E-state index in [-0.39, 0.29) is 55.0 Å². The molecule has 7 nitrogen and oxygen atoms in total. The average Bonchev–Trinajstić information content (AvgIpc) is 3.00. The topological polar surface area (TPSA) is 86.8 Å². The minimum atomic E-state index is -0.711. The largest absolute Gasteiger partial charge is 0.350 e. The quantitative estimate of drug-likeness (QED) is 0.443. The van der Waals surface area contributed by atoms with Crippen molar-refractivity contribution in [3.63, 3.8) is 0 Å². The number of hydrogen-bond donors (Lipinski definition) is 1. The van der Waals surface area contributed by atoms with Gasteiger partial charge in [-0.15, -0.1) is 0 Å². The molecule has 0 unspecified atom stereocenters. The van der Waals surface area contributed by atoms with Crippen molar-refractivity contribution in [3.8, 4) is 0 Å². The fraction of sp³-hybridized carbons (Fsp3) is 0.520. The molecule has 1 aliphatic heterocycles. The van der Waals surface area contributed by atoms with Gasteiger partial charge < -0.3 is 10.2 Å². The molecule has 0 bridgehead atoms. The average molecular weight is 518 g/mol. The molecule has 1 fully saturated rings. The Bertz CT molecular complexity index is 925. The summed E-state index contributed by atoms with van der Waals surface area (Å²) in [5, 5.41) is 2.93. The molecule has 3 atom stereocenters. The molecule has 178 valence electrons. The molecular weight excluding hydrogens is 486 g/mol. The van der Waals surface area contributed by atoms with Crippen LogP contribution in [0, 0.1) is 11.8 Å². The number of imide groups is 1. The molecule has 1 aliphatic carbocycles. The van der Waals surface area contributed by atoms with E-state index in [2.05, 4.69) is 21.2 Å². The first-order valence-electron chi connectivity index (χ1n) is 11.3. The van der Waals surface area contributed by atoms with Gasteiger partial charge in [-0.3, -0.25) is 24.1 Å². The van der Waals surface area contributed by atoms with Crippen molar-refractivity contribution in [1.82, 2.24) is 15.1 Å². The monoisotopic (exact) mass is 517 g/mol. The maximum atomic E-state index is 13.3. The van der Waals surface area contributed by atoms with Gasteiger partial charge in [0.2, 0.25) is 23.6 Å². The second-order valence-corrected chi connectivity index (χ2v) is 10.7. The second-order valence-electron chi connectivity index (χ2n) is 9.80. The third kappa shape index (κ3) is 6.10. The highest BCUT2D eigenvalue weighted by Crippen LogP contribution is 2.35. The Hall–Kier alpha value is -2.48. The number of nitrogens with one attached hydrogen (secondary N) is 1. The number of amides is 4. The second kappa shape index (κ2) is 10.2. The number of rotatable bonds is 7. The number of benzene rings is 1. The summed E-state index contributed by atoms with van der Waals surface area (Å²) < 4.78 is 0.921. The Kier molecular flexibility index (Phi) is 7.77. The zero-order chi connectivity index (χ0) is 24.3. The van der Waals surface area contributed by atoms with Gasteiger partial charge in [-0.05, 0) is 58.2 Å². The van der Waals surface area contributed by atoms with Gasteiger partial charge in [-0.2, -0.15) is 0 Å². The first-order valence-corrected chi connectivity index (χ1v) is 12.1. The van der Waals surface area contributed by atoms with Gasteiger partial charge >= 0.3 is 0 Å². The highest BCUT2D eigenvalue weighted by atomic mass is 79.9. The van der Waals surface area contributed by atoms with E-state index in [9.17, 15) is 19.2 Å². The molecule has 3 rings (SSSR count). The summed E-state index contributed by atoms with van der Waals surface area (Å²) in [6.07, 6.45) is 5.00. The third-order valence-electron chi connectivity index (χ3n) is 6.08. The highest BCUT2D eigenvalue weighted by molar-refractivity contribution is 9.10. The smallest absolute Gasteiger partial charge is 0.242 e. The molecule has 0 saturated carbocycles. The van der Waals surface area contributed by atoms with Crippen molar-refractivity contribution in [3.05, 3.63) is 46.5 Å². The molecule has 1 N–H and O–H groups in total. The summed E-state index contributed by atoms with van der Waals surface area (Å²) in [6.45, 7) is 7.65. The normalized spacial score (nSPS) is 21.1. The first-order chi connectivity index (χ1) is 15.5. The lowest BCUT2D eigenvalue weighted by molar-refractivity contribution is -0.144. The van der Waals surface area contributed by atoms with Crippen LogP contribution >= 0.6 is 15.9 Å². The van der Waals surface area contributed by atoms with Gasteiger partial charge in [0.25, 0.3) is 0 Å². The van der Waals surface area contributed by atoms with Gasteiger partial charge in [0.05, 0.1) is 11.8 Å². The van der Waals surface area contributed by atoms with Crippen molar-refractivity contribution in [2.75, 3.05) is 6.54 Å². The zero-order valence-electron chi connectivity index (χ0n) is 19.6. The van der Waals surface area contributed by atoms with E-state index in [1.54, 1.807) is 6.92 Å². The van der Waals surface area contributed by atoms with Crippen LogP contribution in [0.3, 0.4) is 0 Å². The van der Waals surface area contributed by atoms with Crippen LogP contribution in [-0.2, 0) is 25.7 Å². The molecule has 1 saturated heterocycles. The van der Waals surface area contributed by atoms with Crippen LogP contribution in [0.5, 0.6) is 0 Å². The first kappa shape index (κ1) is 25.1. The Morgan fingerprint density at radius 1 is 1.09 bits per heavy atom. The summed E-state index contributed by atoms with van der Waals surface area (Å²) in [4.78, 5) is 54.3. The van der Waals surface area contributed by atoms with Gasteiger partial charge in [0.15, 0.2) is 0 Å². The number of fused-ring (bicyclic) bond motifs is 1. The lowest BCUT2D eigenvalue weighted by atomic mass is 9.85. The fourth-order valence-corrected chi connectivity index (χ4v) is 4.55. The Balaban J connectivity index is 1.72. The Labute approximate surface area is 203 Å². The standard InChI is InChI=1S/C25H32BrN3O4/c1-16(22(31)27-25(2,3)4)29(15-17-9-11-18(26)12-10-17)21(30)13-14-28-23(32)19-7-5-6-8-20(19)24(28)33/h5-6,9-12,16,19-20H,7-8,13-15H2,1-4H3,(H,27,31)/t16-,19-,20+/m1/s1. The Morgan fingerprint density at radius 3 is 2.15 bits per heavy atom. The van der Waals surface area contributed by atoms with Crippen molar-refractivity contribution < 1.29 is 19.2 Å². The van der Waals surface area contributed by atoms with Crippen LogP contribution in [0.4, 0.5) is 0 Å². The van der Waals surface area contributed by atoms with Gasteiger partial charge in [-0.25, -0.2) is 0 Å². The number of carbonyl (C=O) groups excluding carboxylic acids is 4. The molecule has 0 radical (unpaired) electrons. The fourth-order valence-electron chi connectivity index (χ4n) is 4.28. The number of hydrogen-bond acceptors (Lipinski definition) is 4. The molecule has 0 aromatic heterocycles. The van der Waals surface area contributed by atoms with Crippen molar-refractivity contribution >= 4 is 39.6 Å². The van der Waals surface area contributed by atoms with Crippen LogP contribution in [0.25, 0.3) is 0 Å². The summed E-state index contributed by atoms with van der Waals surface area (Å²) in [7, 11) is 0. The lowest BCUT2D eigenvalue weighted by Gasteiger charge is -2.32. The molecule has 1 aromatic rings. The molecule has 2 aliphatic rings. The number of carbonyl (C=O) groups is 4. The molecule has 33 heavy (non-hydrogen) atoms. The van der Waals surface area contributed by atoms with E-state index in [0.29, 0.717) is 12.8 Å². The van der Waals surface area contributed by atoms with E-state index in [1.807, 2.05) is 57.2 Å². The molecule has 1 aromatic carbocycles. The number of allylic oxidation sites excluding steroid dienone is 2. The number of halogens is 1.